The standard InChI is InChI=1S/C25H32O6/c1-7-13(3)17-9-15(11-19(21(17)26)23(28)29)25(5,6)16-10-18(14(4)8-2)22(27)20(12-16)24(30)31/h9-14,26-27H,7-8H2,1-6H3,(H,28,29)(H,30,31). The van der Waals surface area contributed by atoms with Crippen LogP contribution in [-0.4, -0.2) is 32.4 Å². The van der Waals surface area contributed by atoms with Gasteiger partial charge in [-0.05, 0) is 59.1 Å². The van der Waals surface area contributed by atoms with E-state index in [1.165, 1.54) is 12.1 Å². The molecule has 0 aliphatic carbocycles. The van der Waals surface area contributed by atoms with Crippen molar-refractivity contribution in [3.8, 4) is 11.5 Å². The van der Waals surface area contributed by atoms with E-state index in [0.29, 0.717) is 22.3 Å². The molecule has 0 amide bonds. The highest BCUT2D eigenvalue weighted by molar-refractivity contribution is 5.93. The van der Waals surface area contributed by atoms with Gasteiger partial charge in [-0.3, -0.25) is 0 Å². The third-order valence-corrected chi connectivity index (χ3v) is 6.47. The summed E-state index contributed by atoms with van der Waals surface area (Å²) in [5, 5.41) is 40.3. The Kier molecular flexibility index (Phi) is 7.04. The number of aromatic carboxylic acids is 2. The Labute approximate surface area is 183 Å². The topological polar surface area (TPSA) is 115 Å². The molecule has 0 bridgehead atoms. The van der Waals surface area contributed by atoms with E-state index in [9.17, 15) is 30.0 Å². The lowest BCUT2D eigenvalue weighted by Gasteiger charge is -2.30. The van der Waals surface area contributed by atoms with E-state index in [4.69, 9.17) is 0 Å². The minimum Gasteiger partial charge on any atom is -0.507 e. The molecule has 4 N–H and O–H groups in total. The van der Waals surface area contributed by atoms with Crippen LogP contribution in [-0.2, 0) is 5.41 Å². The van der Waals surface area contributed by atoms with Gasteiger partial charge in [-0.25, -0.2) is 9.59 Å². The van der Waals surface area contributed by atoms with Gasteiger partial charge in [-0.2, -0.15) is 0 Å². The molecule has 2 aromatic rings. The van der Waals surface area contributed by atoms with Crippen molar-refractivity contribution in [3.63, 3.8) is 0 Å². The van der Waals surface area contributed by atoms with Gasteiger partial charge in [0.1, 0.15) is 22.6 Å². The second-order valence-corrected chi connectivity index (χ2v) is 8.78. The van der Waals surface area contributed by atoms with Crippen molar-refractivity contribution in [1.29, 1.82) is 0 Å². The first kappa shape index (κ1) is 24.3. The van der Waals surface area contributed by atoms with E-state index in [1.54, 1.807) is 12.1 Å². The number of rotatable bonds is 8. The Balaban J connectivity index is 2.83. The van der Waals surface area contributed by atoms with Crippen molar-refractivity contribution >= 4 is 11.9 Å². The number of aromatic hydroxyl groups is 2. The van der Waals surface area contributed by atoms with Crippen LogP contribution in [0.3, 0.4) is 0 Å². The molecule has 6 nitrogen and oxygen atoms in total. The predicted molar refractivity (Wildman–Crippen MR) is 120 cm³/mol. The molecule has 31 heavy (non-hydrogen) atoms. The molecule has 0 fully saturated rings. The van der Waals surface area contributed by atoms with Gasteiger partial charge in [0, 0.05) is 5.41 Å². The lowest BCUT2D eigenvalue weighted by atomic mass is 9.74. The molecule has 0 aliphatic rings. The summed E-state index contributed by atoms with van der Waals surface area (Å²) in [5.41, 5.74) is 1.25. The molecular weight excluding hydrogens is 396 g/mol. The average Bonchev–Trinajstić information content (AvgIpc) is 2.72. The predicted octanol–water partition coefficient (Wildman–Crippen LogP) is 5.85. The van der Waals surface area contributed by atoms with Crippen LogP contribution in [0.1, 0.15) is 109 Å². The Morgan fingerprint density at radius 1 is 0.774 bits per heavy atom. The summed E-state index contributed by atoms with van der Waals surface area (Å²) in [6.07, 6.45) is 1.44. The number of hydrogen-bond acceptors (Lipinski definition) is 4. The van der Waals surface area contributed by atoms with E-state index >= 15 is 0 Å². The Morgan fingerprint density at radius 2 is 1.10 bits per heavy atom. The lowest BCUT2D eigenvalue weighted by Crippen LogP contribution is -2.22. The Hall–Kier alpha value is -3.02. The molecule has 0 saturated heterocycles. The normalized spacial score (nSPS) is 13.6. The molecule has 0 aliphatic heterocycles. The van der Waals surface area contributed by atoms with E-state index < -0.39 is 17.4 Å². The summed E-state index contributed by atoms with van der Waals surface area (Å²) in [6, 6.07) is 6.48. The molecule has 168 valence electrons. The maximum atomic E-state index is 11.8. The van der Waals surface area contributed by atoms with Crippen LogP contribution < -0.4 is 0 Å². The van der Waals surface area contributed by atoms with Crippen LogP contribution in [0.4, 0.5) is 0 Å². The quantitative estimate of drug-likeness (QED) is 0.419. The van der Waals surface area contributed by atoms with Crippen LogP contribution in [0.15, 0.2) is 24.3 Å². The average molecular weight is 429 g/mol. The van der Waals surface area contributed by atoms with Gasteiger partial charge in [0.15, 0.2) is 0 Å². The van der Waals surface area contributed by atoms with Crippen molar-refractivity contribution in [2.45, 2.75) is 71.6 Å². The third-order valence-electron chi connectivity index (χ3n) is 6.47. The number of carboxylic acids is 2. The number of carbonyl (C=O) groups is 2. The molecule has 2 unspecified atom stereocenters. The highest BCUT2D eigenvalue weighted by atomic mass is 16.4. The first-order chi connectivity index (χ1) is 14.4. The fraction of sp³-hybridized carbons (Fsp3) is 0.440. The monoisotopic (exact) mass is 428 g/mol. The van der Waals surface area contributed by atoms with Crippen molar-refractivity contribution in [2.24, 2.45) is 0 Å². The van der Waals surface area contributed by atoms with Gasteiger partial charge < -0.3 is 20.4 Å². The molecule has 2 atom stereocenters. The van der Waals surface area contributed by atoms with Gasteiger partial charge >= 0.3 is 11.9 Å². The van der Waals surface area contributed by atoms with Crippen molar-refractivity contribution < 1.29 is 30.0 Å². The van der Waals surface area contributed by atoms with E-state index in [0.717, 1.165) is 12.8 Å². The first-order valence-corrected chi connectivity index (χ1v) is 10.6. The fourth-order valence-corrected chi connectivity index (χ4v) is 3.72. The summed E-state index contributed by atoms with van der Waals surface area (Å²) in [7, 11) is 0. The van der Waals surface area contributed by atoms with E-state index in [1.807, 2.05) is 41.5 Å². The van der Waals surface area contributed by atoms with Crippen LogP contribution in [0, 0.1) is 0 Å². The maximum Gasteiger partial charge on any atom is 0.339 e. The molecule has 0 aromatic heterocycles. The zero-order valence-electron chi connectivity index (χ0n) is 19.0. The van der Waals surface area contributed by atoms with Gasteiger partial charge in [-0.1, -0.05) is 53.7 Å². The van der Waals surface area contributed by atoms with Crippen molar-refractivity contribution in [2.75, 3.05) is 0 Å². The van der Waals surface area contributed by atoms with Crippen LogP contribution in [0.5, 0.6) is 11.5 Å². The molecule has 2 rings (SSSR count). The summed E-state index contributed by atoms with van der Waals surface area (Å²) < 4.78 is 0. The largest absolute Gasteiger partial charge is 0.507 e. The highest BCUT2D eigenvalue weighted by Gasteiger charge is 2.31. The van der Waals surface area contributed by atoms with E-state index in [2.05, 4.69) is 0 Å². The fourth-order valence-electron chi connectivity index (χ4n) is 3.72. The van der Waals surface area contributed by atoms with Crippen molar-refractivity contribution in [3.05, 3.63) is 57.6 Å². The first-order valence-electron chi connectivity index (χ1n) is 10.6. The second kappa shape index (κ2) is 9.00. The number of hydrogen-bond donors (Lipinski definition) is 4. The highest BCUT2D eigenvalue weighted by Crippen LogP contribution is 2.42. The second-order valence-electron chi connectivity index (χ2n) is 8.78. The van der Waals surface area contributed by atoms with Gasteiger partial charge in [0.25, 0.3) is 0 Å². The summed E-state index contributed by atoms with van der Waals surface area (Å²) in [6.45, 7) is 11.5. The summed E-state index contributed by atoms with van der Waals surface area (Å²) in [4.78, 5) is 23.6. The zero-order valence-corrected chi connectivity index (χ0v) is 19.0. The minimum atomic E-state index is -1.23. The molecule has 0 heterocycles. The molecular formula is C25H32O6. The Bertz CT molecular complexity index is 926. The number of carboxylic acid groups (broad SMARTS) is 2. The summed E-state index contributed by atoms with van der Waals surface area (Å²) in [5.74, 6) is -3.04. The molecule has 0 radical (unpaired) electrons. The molecule has 6 heteroatoms. The van der Waals surface area contributed by atoms with Crippen molar-refractivity contribution in [1.82, 2.24) is 0 Å². The molecule has 0 spiro atoms. The maximum absolute atomic E-state index is 11.8. The van der Waals surface area contributed by atoms with Crippen LogP contribution in [0.25, 0.3) is 0 Å². The minimum absolute atomic E-state index is 0.0566. The molecule has 0 saturated carbocycles. The number of benzene rings is 2. The zero-order chi connectivity index (χ0) is 23.7. The Morgan fingerprint density at radius 3 is 1.35 bits per heavy atom. The van der Waals surface area contributed by atoms with Gasteiger partial charge in [-0.15, -0.1) is 0 Å². The molecule has 2 aromatic carbocycles. The van der Waals surface area contributed by atoms with Crippen LogP contribution >= 0.6 is 0 Å². The summed E-state index contributed by atoms with van der Waals surface area (Å²) >= 11 is 0. The third kappa shape index (κ3) is 4.53. The number of phenols is 2. The smallest absolute Gasteiger partial charge is 0.339 e. The van der Waals surface area contributed by atoms with Gasteiger partial charge in [0.2, 0.25) is 0 Å². The lowest BCUT2D eigenvalue weighted by molar-refractivity contribution is 0.0682. The van der Waals surface area contributed by atoms with E-state index in [-0.39, 0.29) is 34.5 Å². The SMILES string of the molecule is CCC(C)c1cc(C(C)(C)c2cc(C(=O)O)c(O)c(C(C)CC)c2)cc(C(=O)O)c1O. The van der Waals surface area contributed by atoms with Gasteiger partial charge in [0.05, 0.1) is 0 Å². The van der Waals surface area contributed by atoms with Crippen LogP contribution in [0.2, 0.25) is 0 Å².